The Morgan fingerprint density at radius 3 is 2.70 bits per heavy atom. The summed E-state index contributed by atoms with van der Waals surface area (Å²) in [5.74, 6) is 1.23. The molecule has 33 heavy (non-hydrogen) atoms. The quantitative estimate of drug-likeness (QED) is 0.170. The van der Waals surface area contributed by atoms with Crippen molar-refractivity contribution in [2.75, 3.05) is 13.2 Å². The first kappa shape index (κ1) is 25.8. The molecular weight excluding hydrogens is 430 g/mol. The standard InChI is InChI=1S/C28H41NO3S/c1-7-8-9-10-20-14-23(30)26(22-13-19(4)11-12-21(22)18(2)3)24(15-20)32-27(33)29-17-28(5,6)25-16-31-25/h13-15,21-22,25,30H,2,7-12,16-17H2,1,3-6H3,(H,29,33)/t21-,22+,25?/m0/s1. The molecule has 2 aliphatic rings. The van der Waals surface area contributed by atoms with Crippen LogP contribution in [-0.2, 0) is 11.2 Å². The van der Waals surface area contributed by atoms with Gasteiger partial charge in [-0.3, -0.25) is 0 Å². The van der Waals surface area contributed by atoms with E-state index < -0.39 is 0 Å². The zero-order valence-corrected chi connectivity index (χ0v) is 21.8. The van der Waals surface area contributed by atoms with Crippen molar-refractivity contribution in [3.63, 3.8) is 0 Å². The van der Waals surface area contributed by atoms with E-state index in [0.717, 1.165) is 55.4 Å². The van der Waals surface area contributed by atoms with Crippen molar-refractivity contribution in [3.8, 4) is 11.5 Å². The number of thiocarbonyl (C=S) groups is 1. The number of aromatic hydroxyl groups is 1. The topological polar surface area (TPSA) is 54.0 Å². The molecule has 3 rings (SSSR count). The van der Waals surface area contributed by atoms with Gasteiger partial charge in [0, 0.05) is 23.4 Å². The molecule has 1 fully saturated rings. The van der Waals surface area contributed by atoms with Gasteiger partial charge in [-0.05, 0) is 75.4 Å². The fraction of sp³-hybridized carbons (Fsp3) is 0.607. The van der Waals surface area contributed by atoms with Gasteiger partial charge < -0.3 is 19.9 Å². The second-order valence-electron chi connectivity index (χ2n) is 10.6. The van der Waals surface area contributed by atoms with Crippen molar-refractivity contribution in [2.24, 2.45) is 11.3 Å². The number of hydrogen-bond acceptors (Lipinski definition) is 4. The van der Waals surface area contributed by atoms with Gasteiger partial charge >= 0.3 is 0 Å². The maximum Gasteiger partial charge on any atom is 0.262 e. The van der Waals surface area contributed by atoms with E-state index in [2.05, 4.69) is 58.7 Å². The van der Waals surface area contributed by atoms with E-state index in [9.17, 15) is 5.11 Å². The molecule has 182 valence electrons. The molecule has 1 aliphatic carbocycles. The number of hydrogen-bond donors (Lipinski definition) is 2. The molecule has 2 N–H and O–H groups in total. The van der Waals surface area contributed by atoms with E-state index in [-0.39, 0.29) is 29.1 Å². The smallest absolute Gasteiger partial charge is 0.262 e. The van der Waals surface area contributed by atoms with Crippen molar-refractivity contribution in [1.82, 2.24) is 5.32 Å². The van der Waals surface area contributed by atoms with Crippen LogP contribution < -0.4 is 10.1 Å². The first-order valence-corrected chi connectivity index (χ1v) is 12.8. The summed E-state index contributed by atoms with van der Waals surface area (Å²) in [7, 11) is 0. The molecule has 3 atom stereocenters. The van der Waals surface area contributed by atoms with Crippen molar-refractivity contribution in [2.45, 2.75) is 85.2 Å². The molecule has 0 radical (unpaired) electrons. The molecule has 1 heterocycles. The van der Waals surface area contributed by atoms with E-state index in [4.69, 9.17) is 21.7 Å². The lowest BCUT2D eigenvalue weighted by Gasteiger charge is -2.32. The molecule has 1 aromatic rings. The van der Waals surface area contributed by atoms with E-state index in [0.29, 0.717) is 17.5 Å². The zero-order chi connectivity index (χ0) is 24.2. The molecule has 5 heteroatoms. The first-order valence-electron chi connectivity index (χ1n) is 12.4. The van der Waals surface area contributed by atoms with Crippen LogP contribution in [0.4, 0.5) is 0 Å². The van der Waals surface area contributed by atoms with Crippen molar-refractivity contribution >= 4 is 17.4 Å². The summed E-state index contributed by atoms with van der Waals surface area (Å²) in [4.78, 5) is 0. The fourth-order valence-electron chi connectivity index (χ4n) is 4.77. The molecule has 0 spiro atoms. The normalized spacial score (nSPS) is 22.5. The molecule has 1 saturated heterocycles. The molecule has 0 amide bonds. The Morgan fingerprint density at radius 1 is 1.33 bits per heavy atom. The predicted molar refractivity (Wildman–Crippen MR) is 140 cm³/mol. The zero-order valence-electron chi connectivity index (χ0n) is 21.0. The Kier molecular flexibility index (Phi) is 8.63. The highest BCUT2D eigenvalue weighted by Gasteiger charge is 2.39. The van der Waals surface area contributed by atoms with E-state index >= 15 is 0 Å². The van der Waals surface area contributed by atoms with Gasteiger partial charge in [0.1, 0.15) is 11.5 Å². The Bertz CT molecular complexity index is 901. The van der Waals surface area contributed by atoms with Crippen LogP contribution in [0.5, 0.6) is 11.5 Å². The minimum atomic E-state index is -0.0192. The minimum Gasteiger partial charge on any atom is -0.507 e. The third kappa shape index (κ3) is 6.83. The van der Waals surface area contributed by atoms with Crippen molar-refractivity contribution in [3.05, 3.63) is 47.1 Å². The maximum atomic E-state index is 11.2. The van der Waals surface area contributed by atoms with Gasteiger partial charge in [-0.25, -0.2) is 0 Å². The van der Waals surface area contributed by atoms with Crippen LogP contribution in [0, 0.1) is 11.3 Å². The highest BCUT2D eigenvalue weighted by molar-refractivity contribution is 7.80. The molecule has 1 aliphatic heterocycles. The molecular formula is C28H41NO3S. The number of unbranched alkanes of at least 4 members (excludes halogenated alkanes) is 2. The monoisotopic (exact) mass is 471 g/mol. The maximum absolute atomic E-state index is 11.2. The largest absolute Gasteiger partial charge is 0.507 e. The van der Waals surface area contributed by atoms with Gasteiger partial charge in [-0.2, -0.15) is 0 Å². The first-order chi connectivity index (χ1) is 15.6. The number of nitrogens with one attached hydrogen (secondary N) is 1. The number of phenols is 1. The fourth-order valence-corrected chi connectivity index (χ4v) is 4.93. The third-order valence-corrected chi connectivity index (χ3v) is 7.29. The van der Waals surface area contributed by atoms with Gasteiger partial charge in [0.15, 0.2) is 0 Å². The number of phenolic OH excluding ortho intramolecular Hbond substituents is 1. The van der Waals surface area contributed by atoms with E-state index in [1.54, 1.807) is 0 Å². The van der Waals surface area contributed by atoms with Crippen LogP contribution in [-0.4, -0.2) is 29.5 Å². The third-order valence-electron chi connectivity index (χ3n) is 7.06. The predicted octanol–water partition coefficient (Wildman–Crippen LogP) is 6.82. The molecule has 0 saturated carbocycles. The Labute approximate surface area is 205 Å². The van der Waals surface area contributed by atoms with Crippen LogP contribution in [0.15, 0.2) is 35.9 Å². The molecule has 1 aromatic carbocycles. The van der Waals surface area contributed by atoms with Crippen LogP contribution in [0.25, 0.3) is 0 Å². The number of epoxide rings is 1. The number of aryl methyl sites for hydroxylation is 1. The lowest BCUT2D eigenvalue weighted by atomic mass is 9.73. The second kappa shape index (κ2) is 11.1. The van der Waals surface area contributed by atoms with E-state index in [1.807, 2.05) is 6.07 Å². The molecule has 0 aromatic heterocycles. The molecule has 4 nitrogen and oxygen atoms in total. The lowest BCUT2D eigenvalue weighted by Crippen LogP contribution is -2.38. The van der Waals surface area contributed by atoms with Crippen LogP contribution in [0.1, 0.15) is 83.8 Å². The molecule has 0 bridgehead atoms. The number of rotatable bonds is 10. The van der Waals surface area contributed by atoms with Gasteiger partial charge in [-0.1, -0.05) is 57.4 Å². The summed E-state index contributed by atoms with van der Waals surface area (Å²) >= 11 is 5.58. The highest BCUT2D eigenvalue weighted by Crippen LogP contribution is 2.47. The van der Waals surface area contributed by atoms with Crippen LogP contribution >= 0.6 is 12.2 Å². The van der Waals surface area contributed by atoms with Gasteiger partial charge in [0.2, 0.25) is 0 Å². The highest BCUT2D eigenvalue weighted by atomic mass is 32.1. The summed E-state index contributed by atoms with van der Waals surface area (Å²) in [6, 6.07) is 3.98. The van der Waals surface area contributed by atoms with Gasteiger partial charge in [0.25, 0.3) is 5.17 Å². The average Bonchev–Trinajstić information content (AvgIpc) is 3.58. The summed E-state index contributed by atoms with van der Waals surface area (Å²) < 4.78 is 11.7. The van der Waals surface area contributed by atoms with Gasteiger partial charge in [-0.15, -0.1) is 0 Å². The Balaban J connectivity index is 1.89. The average molecular weight is 472 g/mol. The van der Waals surface area contributed by atoms with Crippen LogP contribution in [0.2, 0.25) is 0 Å². The van der Waals surface area contributed by atoms with Crippen molar-refractivity contribution < 1.29 is 14.6 Å². The van der Waals surface area contributed by atoms with Crippen molar-refractivity contribution in [1.29, 1.82) is 0 Å². The minimum absolute atomic E-state index is 0.0192. The SMILES string of the molecule is C=C(C)[C@@H]1CCC(C)=C[C@H]1c1c(O)cc(CCCCC)cc1OC(=S)NCC(C)(C)C1CO1. The number of benzene rings is 1. The second-order valence-corrected chi connectivity index (χ2v) is 10.9. The van der Waals surface area contributed by atoms with Crippen LogP contribution in [0.3, 0.4) is 0 Å². The van der Waals surface area contributed by atoms with E-state index in [1.165, 1.54) is 12.0 Å². The Hall–Kier alpha value is -1.85. The number of allylic oxidation sites excluding steroid dienone is 3. The summed E-state index contributed by atoms with van der Waals surface area (Å²) in [5.41, 5.74) is 4.34. The molecule has 1 unspecified atom stereocenters. The van der Waals surface area contributed by atoms with Gasteiger partial charge in [0.05, 0.1) is 12.7 Å². The Morgan fingerprint density at radius 2 is 2.06 bits per heavy atom. The number of ether oxygens (including phenoxy) is 2. The summed E-state index contributed by atoms with van der Waals surface area (Å²) in [6.45, 7) is 16.5. The summed E-state index contributed by atoms with van der Waals surface area (Å²) in [6.07, 6.45) is 8.94. The summed E-state index contributed by atoms with van der Waals surface area (Å²) in [5, 5.41) is 14.8. The lowest BCUT2D eigenvalue weighted by molar-refractivity contribution is 0.241.